The van der Waals surface area contributed by atoms with Crippen LogP contribution in [0.4, 0.5) is 0 Å². The second-order valence-corrected chi connectivity index (χ2v) is 12.3. The maximum absolute atomic E-state index is 12.6. The van der Waals surface area contributed by atoms with Crippen molar-refractivity contribution in [2.75, 3.05) is 13.1 Å². The van der Waals surface area contributed by atoms with Gasteiger partial charge >= 0.3 is 0 Å². The number of nitrogens with one attached hydrogen (secondary N) is 2. The van der Waals surface area contributed by atoms with E-state index in [2.05, 4.69) is 35.1 Å². The summed E-state index contributed by atoms with van der Waals surface area (Å²) in [5.74, 6) is 2.61. The molecule has 4 heterocycles. The first kappa shape index (κ1) is 34.6. The average molecular weight is 707 g/mol. The summed E-state index contributed by atoms with van der Waals surface area (Å²) >= 11 is 0. The molecule has 8 aromatic rings. The van der Waals surface area contributed by atoms with E-state index in [1.165, 1.54) is 0 Å². The monoisotopic (exact) mass is 706 g/mol. The Kier molecular flexibility index (Phi) is 10.5. The molecular weight excluding hydrogens is 669 g/mol. The van der Waals surface area contributed by atoms with Gasteiger partial charge in [0.05, 0.1) is 11.1 Å². The first-order valence-electron chi connectivity index (χ1n) is 17.4. The minimum atomic E-state index is -0.165. The fraction of sp³-hybridized carbons (Fsp3) is 0.171. The van der Waals surface area contributed by atoms with Gasteiger partial charge in [-0.3, -0.25) is 9.59 Å². The first-order valence-corrected chi connectivity index (χ1v) is 17.4. The molecule has 0 saturated heterocycles. The Bertz CT molecular complexity index is 2460. The quantitative estimate of drug-likeness (QED) is 0.134. The van der Waals surface area contributed by atoms with E-state index in [1.807, 2.05) is 110 Å². The van der Waals surface area contributed by atoms with Crippen LogP contribution in [-0.4, -0.2) is 54.0 Å². The van der Waals surface area contributed by atoms with Crippen LogP contribution in [0.15, 0.2) is 131 Å². The summed E-state index contributed by atoms with van der Waals surface area (Å²) in [6, 6.07) is 30.1. The smallest absolute Gasteiger partial charge is 0.253 e. The summed E-state index contributed by atoms with van der Waals surface area (Å²) in [5.41, 5.74) is 5.16. The Hall–Kier alpha value is -6.82. The van der Waals surface area contributed by atoms with E-state index in [1.54, 1.807) is 30.6 Å². The maximum Gasteiger partial charge on any atom is 0.253 e. The van der Waals surface area contributed by atoms with Crippen LogP contribution < -0.4 is 10.6 Å². The standard InChI is InChI=1S/C21H20N4O2.C20H18N4O2/c1-15-22-12-14-25(15)13-6-11-23-20(26)17-9-5-10-18-19(17)24-21(27-18)16-7-3-2-4-8-16;1-14-21-10-12-24(14)13-11-22-19(25)16-8-5-9-17-18(16)23-20(26-17)15-6-3-2-4-7-15/h2-5,7-10,12,14H,6,11,13H2,1H3,(H,23,26);2-10,12H,11,13H2,1H3,(H,22,25). The molecule has 0 bridgehead atoms. The van der Waals surface area contributed by atoms with Crippen LogP contribution in [0.2, 0.25) is 0 Å². The number of amides is 2. The van der Waals surface area contributed by atoms with Crippen LogP contribution in [-0.2, 0) is 13.1 Å². The molecule has 4 aromatic carbocycles. The highest BCUT2D eigenvalue weighted by atomic mass is 16.4. The lowest BCUT2D eigenvalue weighted by atomic mass is 10.1. The second kappa shape index (κ2) is 16.0. The number of para-hydroxylation sites is 2. The lowest BCUT2D eigenvalue weighted by Crippen LogP contribution is -2.27. The van der Waals surface area contributed by atoms with Crippen LogP contribution in [0.1, 0.15) is 38.8 Å². The van der Waals surface area contributed by atoms with Crippen LogP contribution in [0.5, 0.6) is 0 Å². The number of rotatable bonds is 11. The van der Waals surface area contributed by atoms with Crippen molar-refractivity contribution in [3.05, 3.63) is 145 Å². The highest BCUT2D eigenvalue weighted by Crippen LogP contribution is 2.27. The first-order chi connectivity index (χ1) is 25.9. The van der Waals surface area contributed by atoms with Crippen molar-refractivity contribution in [2.24, 2.45) is 0 Å². The molecule has 2 amide bonds. The summed E-state index contributed by atoms with van der Waals surface area (Å²) in [5, 5.41) is 5.90. The van der Waals surface area contributed by atoms with Gasteiger partial charge in [0.25, 0.3) is 11.8 Å². The molecule has 0 unspecified atom stereocenters. The number of nitrogens with zero attached hydrogens (tertiary/aromatic N) is 6. The van der Waals surface area contributed by atoms with Gasteiger partial charge in [-0.05, 0) is 68.8 Å². The topological polar surface area (TPSA) is 146 Å². The summed E-state index contributed by atoms with van der Waals surface area (Å²) < 4.78 is 15.7. The summed E-state index contributed by atoms with van der Waals surface area (Å²) in [7, 11) is 0. The molecule has 0 aliphatic heterocycles. The van der Waals surface area contributed by atoms with Crippen LogP contribution in [0, 0.1) is 13.8 Å². The lowest BCUT2D eigenvalue weighted by Gasteiger charge is -2.07. The van der Waals surface area contributed by atoms with E-state index in [4.69, 9.17) is 8.83 Å². The molecule has 4 aromatic heterocycles. The number of hydrogen-bond acceptors (Lipinski definition) is 8. The number of aromatic nitrogens is 6. The van der Waals surface area contributed by atoms with E-state index in [0.717, 1.165) is 35.7 Å². The zero-order chi connectivity index (χ0) is 36.6. The van der Waals surface area contributed by atoms with Crippen molar-refractivity contribution < 1.29 is 18.4 Å². The highest BCUT2D eigenvalue weighted by Gasteiger charge is 2.17. The number of oxazole rings is 2. The van der Waals surface area contributed by atoms with E-state index < -0.39 is 0 Å². The predicted molar refractivity (Wildman–Crippen MR) is 202 cm³/mol. The number of fused-ring (bicyclic) bond motifs is 2. The van der Waals surface area contributed by atoms with Gasteiger partial charge in [-0.25, -0.2) is 19.9 Å². The zero-order valence-corrected chi connectivity index (χ0v) is 29.4. The molecular formula is C41H38N8O4. The molecule has 266 valence electrons. The zero-order valence-electron chi connectivity index (χ0n) is 29.4. The molecule has 0 aliphatic rings. The Balaban J connectivity index is 0.000000164. The lowest BCUT2D eigenvalue weighted by molar-refractivity contribution is 0.0945. The minimum absolute atomic E-state index is 0.143. The highest BCUT2D eigenvalue weighted by molar-refractivity contribution is 6.05. The second-order valence-electron chi connectivity index (χ2n) is 12.3. The molecule has 2 N–H and O–H groups in total. The van der Waals surface area contributed by atoms with Gasteiger partial charge in [-0.15, -0.1) is 0 Å². The van der Waals surface area contributed by atoms with E-state index >= 15 is 0 Å². The number of hydrogen-bond donors (Lipinski definition) is 2. The molecule has 8 rings (SSSR count). The van der Waals surface area contributed by atoms with Gasteiger partial charge in [0, 0.05) is 62.1 Å². The van der Waals surface area contributed by atoms with E-state index in [-0.39, 0.29) is 11.8 Å². The number of aryl methyl sites for hydroxylation is 3. The molecule has 0 aliphatic carbocycles. The van der Waals surface area contributed by atoms with Crippen molar-refractivity contribution in [1.29, 1.82) is 0 Å². The summed E-state index contributed by atoms with van der Waals surface area (Å²) in [4.78, 5) is 42.7. The summed E-state index contributed by atoms with van der Waals surface area (Å²) in [6.45, 7) is 6.48. The van der Waals surface area contributed by atoms with Crippen molar-refractivity contribution in [3.8, 4) is 22.9 Å². The average Bonchev–Trinajstić information content (AvgIpc) is 4.01. The molecule has 0 fully saturated rings. The third-order valence-electron chi connectivity index (χ3n) is 8.72. The molecule has 53 heavy (non-hydrogen) atoms. The predicted octanol–water partition coefficient (Wildman–Crippen LogP) is 7.25. The van der Waals surface area contributed by atoms with Gasteiger partial charge in [-0.2, -0.15) is 0 Å². The van der Waals surface area contributed by atoms with Gasteiger partial charge in [-0.1, -0.05) is 48.5 Å². The third-order valence-corrected chi connectivity index (χ3v) is 8.72. The molecule has 0 atom stereocenters. The van der Waals surface area contributed by atoms with Crippen LogP contribution in [0.25, 0.3) is 45.1 Å². The van der Waals surface area contributed by atoms with Gasteiger partial charge in [0.15, 0.2) is 11.2 Å². The summed E-state index contributed by atoms with van der Waals surface area (Å²) in [6.07, 6.45) is 8.19. The van der Waals surface area contributed by atoms with Gasteiger partial charge < -0.3 is 28.6 Å². The molecule has 12 heteroatoms. The fourth-order valence-corrected chi connectivity index (χ4v) is 5.88. The molecule has 12 nitrogen and oxygen atoms in total. The maximum atomic E-state index is 12.6. The van der Waals surface area contributed by atoms with Crippen molar-refractivity contribution in [2.45, 2.75) is 33.4 Å². The van der Waals surface area contributed by atoms with Gasteiger partial charge in [0.2, 0.25) is 11.8 Å². The third kappa shape index (κ3) is 8.07. The van der Waals surface area contributed by atoms with E-state index in [0.29, 0.717) is 64.7 Å². The minimum Gasteiger partial charge on any atom is -0.436 e. The molecule has 0 spiro atoms. The fourth-order valence-electron chi connectivity index (χ4n) is 5.88. The Morgan fingerprint density at radius 2 is 1.06 bits per heavy atom. The number of imidazole rings is 2. The van der Waals surface area contributed by atoms with Crippen molar-refractivity contribution in [3.63, 3.8) is 0 Å². The van der Waals surface area contributed by atoms with Gasteiger partial charge in [0.1, 0.15) is 22.7 Å². The van der Waals surface area contributed by atoms with Crippen LogP contribution in [0.3, 0.4) is 0 Å². The normalized spacial score (nSPS) is 11.0. The van der Waals surface area contributed by atoms with E-state index in [9.17, 15) is 9.59 Å². The van der Waals surface area contributed by atoms with Crippen molar-refractivity contribution in [1.82, 2.24) is 39.7 Å². The van der Waals surface area contributed by atoms with Crippen LogP contribution >= 0.6 is 0 Å². The molecule has 0 radical (unpaired) electrons. The Morgan fingerprint density at radius 3 is 1.53 bits per heavy atom. The SMILES string of the molecule is Cc1nccn1CCCNC(=O)c1cccc2oc(-c3ccccc3)nc12.Cc1nccn1CCNC(=O)c1cccc2oc(-c3ccccc3)nc12. The van der Waals surface area contributed by atoms with Crippen molar-refractivity contribution >= 4 is 34.0 Å². The number of carbonyl (C=O) groups is 2. The molecule has 0 saturated carbocycles. The largest absolute Gasteiger partial charge is 0.436 e. The number of benzene rings is 4. The Labute approximate surface area is 305 Å². The Morgan fingerprint density at radius 1 is 0.585 bits per heavy atom. The number of carbonyl (C=O) groups excluding carboxylic acids is 2.